The van der Waals surface area contributed by atoms with E-state index in [0.717, 1.165) is 40.4 Å². The lowest BCUT2D eigenvalue weighted by molar-refractivity contribution is 0.0697. The number of carboxylic acids is 1. The van der Waals surface area contributed by atoms with Crippen molar-refractivity contribution >= 4 is 23.1 Å². The number of hydrogen-bond donors (Lipinski definition) is 2. The van der Waals surface area contributed by atoms with E-state index in [-0.39, 0.29) is 5.56 Å². The second kappa shape index (κ2) is 5.20. The summed E-state index contributed by atoms with van der Waals surface area (Å²) in [5, 5.41) is 13.4. The maximum absolute atomic E-state index is 11.3. The number of nitrogens with one attached hydrogen (secondary N) is 1. The van der Waals surface area contributed by atoms with Crippen LogP contribution in [0.1, 0.15) is 37.9 Å². The number of hydrogen-bond acceptors (Lipinski definition) is 5. The number of aryl methyl sites for hydroxylation is 3. The molecule has 0 fully saturated rings. The number of carboxylic acid groups (broad SMARTS) is 1. The van der Waals surface area contributed by atoms with E-state index in [1.807, 2.05) is 6.92 Å². The summed E-state index contributed by atoms with van der Waals surface area (Å²) in [6, 6.07) is 1.76. The van der Waals surface area contributed by atoms with Gasteiger partial charge in [-0.05, 0) is 37.8 Å². The molecule has 0 radical (unpaired) electrons. The molecule has 0 saturated carbocycles. The minimum absolute atomic E-state index is 0.256. The van der Waals surface area contributed by atoms with E-state index in [1.165, 1.54) is 0 Å². The number of fused-ring (bicyclic) bond motifs is 1. The molecular weight excluding hydrogens is 274 g/mol. The van der Waals surface area contributed by atoms with Crippen molar-refractivity contribution in [3.05, 3.63) is 39.0 Å². The molecule has 0 spiro atoms. The number of pyridine rings is 1. The highest BCUT2D eigenvalue weighted by molar-refractivity contribution is 7.11. The van der Waals surface area contributed by atoms with E-state index in [9.17, 15) is 9.90 Å². The van der Waals surface area contributed by atoms with Crippen molar-refractivity contribution in [2.45, 2.75) is 32.7 Å². The highest BCUT2D eigenvalue weighted by atomic mass is 32.1. The summed E-state index contributed by atoms with van der Waals surface area (Å²) < 4.78 is 0. The lowest BCUT2D eigenvalue weighted by Crippen LogP contribution is -2.10. The highest BCUT2D eigenvalue weighted by Gasteiger charge is 2.19. The lowest BCUT2D eigenvalue weighted by Gasteiger charge is -2.10. The zero-order valence-electron chi connectivity index (χ0n) is 11.1. The van der Waals surface area contributed by atoms with E-state index in [0.29, 0.717) is 12.4 Å². The Bertz CT molecular complexity index is 666. The molecule has 104 valence electrons. The van der Waals surface area contributed by atoms with Crippen LogP contribution < -0.4 is 5.32 Å². The van der Waals surface area contributed by atoms with Crippen molar-refractivity contribution < 1.29 is 9.90 Å². The van der Waals surface area contributed by atoms with Crippen LogP contribution in [0.25, 0.3) is 0 Å². The summed E-state index contributed by atoms with van der Waals surface area (Å²) >= 11 is 1.60. The molecule has 0 unspecified atom stereocenters. The minimum Gasteiger partial charge on any atom is -0.478 e. The van der Waals surface area contributed by atoms with Crippen LogP contribution in [-0.2, 0) is 19.4 Å². The SMILES string of the molecule is Cc1ncc(CNc2nc3c(cc2C(=O)O)CCC3)s1. The first kappa shape index (κ1) is 13.1. The topological polar surface area (TPSA) is 75.1 Å². The van der Waals surface area contributed by atoms with Crippen LogP contribution >= 0.6 is 11.3 Å². The van der Waals surface area contributed by atoms with Crippen molar-refractivity contribution in [1.29, 1.82) is 0 Å². The fourth-order valence-electron chi connectivity index (χ4n) is 2.43. The van der Waals surface area contributed by atoms with Gasteiger partial charge in [-0.3, -0.25) is 0 Å². The Kier molecular flexibility index (Phi) is 3.40. The van der Waals surface area contributed by atoms with E-state index in [2.05, 4.69) is 15.3 Å². The smallest absolute Gasteiger partial charge is 0.339 e. The summed E-state index contributed by atoms with van der Waals surface area (Å²) in [6.07, 6.45) is 4.72. The second-order valence-corrected chi connectivity index (χ2v) is 6.17. The Hall–Kier alpha value is -1.95. The first-order valence-electron chi connectivity index (χ1n) is 6.55. The summed E-state index contributed by atoms with van der Waals surface area (Å²) in [5.41, 5.74) is 2.35. The summed E-state index contributed by atoms with van der Waals surface area (Å²) in [6.45, 7) is 2.50. The molecular formula is C14H15N3O2S. The zero-order chi connectivity index (χ0) is 14.1. The number of anilines is 1. The molecule has 2 heterocycles. The molecule has 0 aromatic carbocycles. The highest BCUT2D eigenvalue weighted by Crippen LogP contribution is 2.26. The van der Waals surface area contributed by atoms with Crippen molar-refractivity contribution in [3.8, 4) is 0 Å². The monoisotopic (exact) mass is 289 g/mol. The first-order chi connectivity index (χ1) is 9.63. The molecule has 5 nitrogen and oxygen atoms in total. The van der Waals surface area contributed by atoms with Crippen LogP contribution in [0.5, 0.6) is 0 Å². The molecule has 6 heteroatoms. The van der Waals surface area contributed by atoms with Gasteiger partial charge in [-0.25, -0.2) is 14.8 Å². The van der Waals surface area contributed by atoms with Crippen LogP contribution in [-0.4, -0.2) is 21.0 Å². The average molecular weight is 289 g/mol. The van der Waals surface area contributed by atoms with Crippen molar-refractivity contribution in [1.82, 2.24) is 9.97 Å². The number of aromatic nitrogens is 2. The minimum atomic E-state index is -0.935. The predicted octanol–water partition coefficient (Wildman–Crippen LogP) is 2.65. The van der Waals surface area contributed by atoms with Gasteiger partial charge in [0.15, 0.2) is 0 Å². The van der Waals surface area contributed by atoms with Crippen molar-refractivity contribution in [2.75, 3.05) is 5.32 Å². The van der Waals surface area contributed by atoms with Crippen LogP contribution in [0.15, 0.2) is 12.3 Å². The van der Waals surface area contributed by atoms with Crippen LogP contribution in [0.3, 0.4) is 0 Å². The Balaban J connectivity index is 1.86. The third-order valence-corrected chi connectivity index (χ3v) is 4.29. The molecule has 0 amide bonds. The molecule has 1 aliphatic carbocycles. The first-order valence-corrected chi connectivity index (χ1v) is 7.36. The Labute approximate surface area is 120 Å². The van der Waals surface area contributed by atoms with Gasteiger partial charge >= 0.3 is 5.97 Å². The fraction of sp³-hybridized carbons (Fsp3) is 0.357. The number of aromatic carboxylic acids is 1. The van der Waals surface area contributed by atoms with Crippen molar-refractivity contribution in [3.63, 3.8) is 0 Å². The van der Waals surface area contributed by atoms with Gasteiger partial charge in [0.25, 0.3) is 0 Å². The van der Waals surface area contributed by atoms with E-state index >= 15 is 0 Å². The maximum atomic E-state index is 11.3. The average Bonchev–Trinajstić information content (AvgIpc) is 3.03. The van der Waals surface area contributed by atoms with Gasteiger partial charge < -0.3 is 10.4 Å². The van der Waals surface area contributed by atoms with Gasteiger partial charge in [-0.1, -0.05) is 0 Å². The van der Waals surface area contributed by atoms with Gasteiger partial charge in [-0.15, -0.1) is 11.3 Å². The van der Waals surface area contributed by atoms with Crippen LogP contribution in [0.4, 0.5) is 5.82 Å². The molecule has 2 aromatic rings. The zero-order valence-corrected chi connectivity index (χ0v) is 12.0. The molecule has 2 aromatic heterocycles. The number of carbonyl (C=O) groups is 1. The summed E-state index contributed by atoms with van der Waals surface area (Å²) in [7, 11) is 0. The molecule has 0 bridgehead atoms. The summed E-state index contributed by atoms with van der Waals surface area (Å²) in [5.74, 6) is -0.473. The van der Waals surface area contributed by atoms with Gasteiger partial charge in [-0.2, -0.15) is 0 Å². The number of rotatable bonds is 4. The fourth-order valence-corrected chi connectivity index (χ4v) is 3.16. The molecule has 3 rings (SSSR count). The van der Waals surface area contributed by atoms with E-state index in [4.69, 9.17) is 0 Å². The largest absolute Gasteiger partial charge is 0.478 e. The molecule has 20 heavy (non-hydrogen) atoms. The Morgan fingerprint density at radius 3 is 3.05 bits per heavy atom. The Morgan fingerprint density at radius 2 is 2.35 bits per heavy atom. The number of nitrogens with zero attached hydrogens (tertiary/aromatic N) is 2. The second-order valence-electron chi connectivity index (χ2n) is 4.85. The molecule has 0 atom stereocenters. The van der Waals surface area contributed by atoms with E-state index < -0.39 is 5.97 Å². The predicted molar refractivity (Wildman–Crippen MR) is 77.4 cm³/mol. The van der Waals surface area contributed by atoms with Crippen LogP contribution in [0, 0.1) is 6.92 Å². The maximum Gasteiger partial charge on any atom is 0.339 e. The van der Waals surface area contributed by atoms with Gasteiger partial charge in [0.2, 0.25) is 0 Å². The van der Waals surface area contributed by atoms with Gasteiger partial charge in [0, 0.05) is 16.8 Å². The van der Waals surface area contributed by atoms with Crippen molar-refractivity contribution in [2.24, 2.45) is 0 Å². The third-order valence-electron chi connectivity index (χ3n) is 3.38. The standard InChI is InChI=1S/C14H15N3O2S/c1-8-15-6-10(20-8)7-16-13-11(14(18)19)5-9-3-2-4-12(9)17-13/h5-6H,2-4,7H2,1H3,(H,16,17)(H,18,19). The quantitative estimate of drug-likeness (QED) is 0.905. The van der Waals surface area contributed by atoms with E-state index in [1.54, 1.807) is 23.6 Å². The Morgan fingerprint density at radius 1 is 1.50 bits per heavy atom. The molecule has 1 aliphatic rings. The van der Waals surface area contributed by atoms with Gasteiger partial charge in [0.1, 0.15) is 11.4 Å². The lowest BCUT2D eigenvalue weighted by atomic mass is 10.1. The van der Waals surface area contributed by atoms with Crippen LogP contribution in [0.2, 0.25) is 0 Å². The van der Waals surface area contributed by atoms with Gasteiger partial charge in [0.05, 0.1) is 11.6 Å². The molecule has 0 saturated heterocycles. The molecule has 2 N–H and O–H groups in total. The normalized spacial score (nSPS) is 13.2. The summed E-state index contributed by atoms with van der Waals surface area (Å²) in [4.78, 5) is 21.1. The molecule has 0 aliphatic heterocycles. The third kappa shape index (κ3) is 2.51. The number of thiazole rings is 1.